The smallest absolute Gasteiger partial charge is 0.352 e. The Labute approximate surface area is 204 Å². The summed E-state index contributed by atoms with van der Waals surface area (Å²) >= 11 is 0. The average molecular weight is 506 g/mol. The lowest BCUT2D eigenvalue weighted by Crippen LogP contribution is -2.45. The lowest BCUT2D eigenvalue weighted by Gasteiger charge is -2.37. The highest BCUT2D eigenvalue weighted by molar-refractivity contribution is 5.79. The van der Waals surface area contributed by atoms with Gasteiger partial charge in [0.05, 0.1) is 11.5 Å². The number of alkyl halides is 3. The lowest BCUT2D eigenvalue weighted by atomic mass is 9.83. The van der Waals surface area contributed by atoms with Crippen LogP contribution in [0.25, 0.3) is 0 Å². The molecule has 1 saturated heterocycles. The van der Waals surface area contributed by atoms with Crippen molar-refractivity contribution in [1.29, 1.82) is 0 Å². The molecule has 1 aliphatic heterocycles. The first-order chi connectivity index (χ1) is 17.1. The van der Waals surface area contributed by atoms with E-state index < -0.39 is 35.1 Å². The normalized spacial score (nSPS) is 18.7. The molecule has 1 amide bonds. The molecule has 2 unspecified atom stereocenters. The minimum Gasteiger partial charge on any atom is -0.352 e. The van der Waals surface area contributed by atoms with Gasteiger partial charge in [-0.3, -0.25) is 9.69 Å². The highest BCUT2D eigenvalue weighted by Crippen LogP contribution is 2.32. The van der Waals surface area contributed by atoms with Crippen molar-refractivity contribution in [3.63, 3.8) is 0 Å². The Hall–Kier alpha value is -3.33. The van der Waals surface area contributed by atoms with Crippen LogP contribution in [0.3, 0.4) is 0 Å². The molecule has 0 spiro atoms. The minimum absolute atomic E-state index is 0.0763. The number of amides is 1. The van der Waals surface area contributed by atoms with Crippen molar-refractivity contribution < 1.29 is 31.1 Å². The van der Waals surface area contributed by atoms with Gasteiger partial charge in [-0.25, -0.2) is 13.2 Å². The van der Waals surface area contributed by atoms with Crippen molar-refractivity contribution in [2.45, 2.75) is 31.6 Å². The van der Waals surface area contributed by atoms with Crippen LogP contribution < -0.4 is 5.32 Å². The third-order valence-corrected chi connectivity index (χ3v) is 6.37. The van der Waals surface area contributed by atoms with Gasteiger partial charge in [0, 0.05) is 37.8 Å². The Morgan fingerprint density at radius 3 is 2.33 bits per heavy atom. The first-order valence-corrected chi connectivity index (χ1v) is 11.4. The first-order valence-electron chi connectivity index (χ1n) is 11.4. The molecule has 1 fully saturated rings. The zero-order valence-electron chi connectivity index (χ0n) is 19.2. The van der Waals surface area contributed by atoms with E-state index in [0.29, 0.717) is 18.5 Å². The topological polar surface area (TPSA) is 32.3 Å². The number of carbonyl (C=O) groups is 1. The van der Waals surface area contributed by atoms with Crippen LogP contribution in [0, 0.1) is 23.4 Å². The Morgan fingerprint density at radius 1 is 0.917 bits per heavy atom. The van der Waals surface area contributed by atoms with Crippen LogP contribution in [-0.2, 0) is 24.1 Å². The number of nitrogens with one attached hydrogen (secondary N) is 1. The van der Waals surface area contributed by atoms with E-state index in [4.69, 9.17) is 0 Å². The zero-order valence-corrected chi connectivity index (χ0v) is 19.2. The van der Waals surface area contributed by atoms with Gasteiger partial charge in [0.25, 0.3) is 0 Å². The molecular formula is C27H24F6N2O. The highest BCUT2D eigenvalue weighted by Gasteiger charge is 2.33. The molecule has 36 heavy (non-hydrogen) atoms. The van der Waals surface area contributed by atoms with E-state index >= 15 is 0 Å². The number of likely N-dealkylation sites (tertiary alicyclic amines) is 1. The molecule has 9 heteroatoms. The van der Waals surface area contributed by atoms with Crippen LogP contribution in [-0.4, -0.2) is 23.9 Å². The third-order valence-electron chi connectivity index (χ3n) is 6.37. The van der Waals surface area contributed by atoms with Gasteiger partial charge in [-0.1, -0.05) is 30.3 Å². The summed E-state index contributed by atoms with van der Waals surface area (Å²) in [6, 6.07) is 14.0. The summed E-state index contributed by atoms with van der Waals surface area (Å²) in [6.07, 6.45) is -4.05. The summed E-state index contributed by atoms with van der Waals surface area (Å²) in [4.78, 5) is 14.9. The van der Waals surface area contributed by atoms with E-state index in [0.717, 1.165) is 23.8 Å². The molecule has 4 rings (SSSR count). The molecule has 1 heterocycles. The highest BCUT2D eigenvalue weighted by atomic mass is 19.4. The minimum atomic E-state index is -4.48. The molecule has 190 valence electrons. The summed E-state index contributed by atoms with van der Waals surface area (Å²) in [6.45, 7) is 0.817. The van der Waals surface area contributed by atoms with Crippen LogP contribution in [0.1, 0.15) is 34.6 Å². The van der Waals surface area contributed by atoms with Gasteiger partial charge < -0.3 is 5.32 Å². The van der Waals surface area contributed by atoms with Crippen molar-refractivity contribution in [2.24, 2.45) is 5.92 Å². The number of piperidine rings is 1. The molecule has 2 atom stereocenters. The van der Waals surface area contributed by atoms with Gasteiger partial charge >= 0.3 is 6.18 Å². The van der Waals surface area contributed by atoms with Gasteiger partial charge in [-0.2, -0.15) is 13.2 Å². The average Bonchev–Trinajstić information content (AvgIpc) is 2.84. The van der Waals surface area contributed by atoms with E-state index in [1.54, 1.807) is 12.1 Å². The fourth-order valence-electron chi connectivity index (χ4n) is 4.57. The van der Waals surface area contributed by atoms with E-state index in [9.17, 15) is 31.1 Å². The van der Waals surface area contributed by atoms with Gasteiger partial charge in [0.15, 0.2) is 0 Å². The number of hydrogen-bond donors (Lipinski definition) is 1. The molecule has 0 aliphatic carbocycles. The van der Waals surface area contributed by atoms with Gasteiger partial charge in [-0.05, 0) is 53.8 Å². The van der Waals surface area contributed by atoms with E-state index in [-0.39, 0.29) is 37.0 Å². The van der Waals surface area contributed by atoms with Crippen molar-refractivity contribution >= 4 is 5.91 Å². The molecule has 0 bridgehead atoms. The predicted molar refractivity (Wildman–Crippen MR) is 122 cm³/mol. The van der Waals surface area contributed by atoms with Gasteiger partial charge in [-0.15, -0.1) is 0 Å². The number of carbonyl (C=O) groups excluding carboxylic acids is 1. The summed E-state index contributed by atoms with van der Waals surface area (Å²) < 4.78 is 80.0. The Bertz CT molecular complexity index is 1210. The van der Waals surface area contributed by atoms with Crippen LogP contribution >= 0.6 is 0 Å². The second-order valence-corrected chi connectivity index (χ2v) is 9.03. The summed E-state index contributed by atoms with van der Waals surface area (Å²) in [5.41, 5.74) is 0.612. The summed E-state index contributed by atoms with van der Waals surface area (Å²) in [7, 11) is 0. The second kappa shape index (κ2) is 10.7. The maximum absolute atomic E-state index is 14.3. The molecule has 0 saturated carbocycles. The van der Waals surface area contributed by atoms with E-state index in [1.807, 2.05) is 4.90 Å². The SMILES string of the molecule is O=C(NCc1cccc(C(F)(F)F)c1)C1CC(c2ccc(F)cc2)CN(Cc2ccc(F)cc2F)C1. The fourth-order valence-corrected chi connectivity index (χ4v) is 4.57. The van der Waals surface area contributed by atoms with Crippen LogP contribution in [0.5, 0.6) is 0 Å². The fraction of sp³-hybridized carbons (Fsp3) is 0.296. The maximum Gasteiger partial charge on any atom is 0.416 e. The summed E-state index contributed by atoms with van der Waals surface area (Å²) in [5.74, 6) is -2.82. The van der Waals surface area contributed by atoms with Crippen molar-refractivity contribution in [1.82, 2.24) is 10.2 Å². The molecule has 0 radical (unpaired) electrons. The Balaban J connectivity index is 1.49. The molecule has 3 aromatic carbocycles. The van der Waals surface area contributed by atoms with Crippen LogP contribution in [0.15, 0.2) is 66.7 Å². The number of nitrogens with zero attached hydrogens (tertiary/aromatic N) is 1. The summed E-state index contributed by atoms with van der Waals surface area (Å²) in [5, 5.41) is 2.72. The zero-order chi connectivity index (χ0) is 25.9. The standard InChI is InChI=1S/C27H24F6N2O/c28-23-7-4-18(5-8-23)20-11-21(16-35(15-20)14-19-6-9-24(29)12-25(19)30)26(36)34-13-17-2-1-3-22(10-17)27(31,32)33/h1-10,12,20-21H,11,13-16H2,(H,34,36). The molecule has 1 N–H and O–H groups in total. The molecule has 3 aromatic rings. The van der Waals surface area contributed by atoms with Gasteiger partial charge in [0.1, 0.15) is 17.5 Å². The monoisotopic (exact) mass is 506 g/mol. The predicted octanol–water partition coefficient (Wildman–Crippen LogP) is 6.04. The number of rotatable bonds is 6. The molecular weight excluding hydrogens is 482 g/mol. The quantitative estimate of drug-likeness (QED) is 0.413. The van der Waals surface area contributed by atoms with E-state index in [1.165, 1.54) is 36.4 Å². The van der Waals surface area contributed by atoms with Crippen LogP contribution in [0.2, 0.25) is 0 Å². The second-order valence-electron chi connectivity index (χ2n) is 9.03. The first kappa shape index (κ1) is 25.8. The lowest BCUT2D eigenvalue weighted by molar-refractivity contribution is -0.137. The largest absolute Gasteiger partial charge is 0.416 e. The Kier molecular flexibility index (Phi) is 7.68. The van der Waals surface area contributed by atoms with Crippen molar-refractivity contribution in [2.75, 3.05) is 13.1 Å². The van der Waals surface area contributed by atoms with Gasteiger partial charge in [0.2, 0.25) is 5.91 Å². The Morgan fingerprint density at radius 2 is 1.64 bits per heavy atom. The maximum atomic E-state index is 14.3. The number of benzene rings is 3. The number of halogens is 6. The van der Waals surface area contributed by atoms with Crippen molar-refractivity contribution in [3.8, 4) is 0 Å². The van der Waals surface area contributed by atoms with Crippen LogP contribution in [0.4, 0.5) is 26.3 Å². The molecule has 0 aromatic heterocycles. The third kappa shape index (κ3) is 6.46. The molecule has 1 aliphatic rings. The number of hydrogen-bond acceptors (Lipinski definition) is 2. The van der Waals surface area contributed by atoms with Crippen molar-refractivity contribution in [3.05, 3.63) is 106 Å². The molecule has 3 nitrogen and oxygen atoms in total. The van der Waals surface area contributed by atoms with E-state index in [2.05, 4.69) is 5.32 Å².